The van der Waals surface area contributed by atoms with Crippen molar-refractivity contribution in [2.24, 2.45) is 0 Å². The van der Waals surface area contributed by atoms with E-state index in [0.29, 0.717) is 18.3 Å². The number of amides is 1. The Labute approximate surface area is 124 Å². The molecule has 4 heteroatoms. The summed E-state index contributed by atoms with van der Waals surface area (Å²) >= 11 is 0. The zero-order chi connectivity index (χ0) is 14.8. The molecule has 1 saturated carbocycles. The maximum absolute atomic E-state index is 12.7. The summed E-state index contributed by atoms with van der Waals surface area (Å²) in [5.74, 6) is -0.0218. The van der Waals surface area contributed by atoms with Crippen molar-refractivity contribution in [1.82, 2.24) is 14.9 Å². The minimum atomic E-state index is -0.0218. The molecular weight excluding hydrogens is 262 g/mol. The number of benzene rings is 1. The Hall–Kier alpha value is -2.23. The van der Waals surface area contributed by atoms with Crippen molar-refractivity contribution in [3.8, 4) is 0 Å². The minimum absolute atomic E-state index is 0.0218. The van der Waals surface area contributed by atoms with E-state index >= 15 is 0 Å². The molecule has 1 aliphatic carbocycles. The Bertz CT molecular complexity index is 647. The predicted molar refractivity (Wildman–Crippen MR) is 80.8 cm³/mol. The van der Waals surface area contributed by atoms with Gasteiger partial charge in [-0.05, 0) is 32.3 Å². The van der Waals surface area contributed by atoms with Gasteiger partial charge in [-0.1, -0.05) is 29.8 Å². The minimum Gasteiger partial charge on any atom is -0.330 e. The van der Waals surface area contributed by atoms with Gasteiger partial charge in [-0.3, -0.25) is 9.78 Å². The van der Waals surface area contributed by atoms with Crippen LogP contribution >= 0.6 is 0 Å². The van der Waals surface area contributed by atoms with Gasteiger partial charge in [0, 0.05) is 18.8 Å². The highest BCUT2D eigenvalue weighted by molar-refractivity contribution is 5.92. The molecule has 0 N–H and O–H groups in total. The molecule has 1 aromatic heterocycles. The second-order valence-electron chi connectivity index (χ2n) is 5.70. The van der Waals surface area contributed by atoms with E-state index in [2.05, 4.69) is 35.1 Å². The summed E-state index contributed by atoms with van der Waals surface area (Å²) in [5.41, 5.74) is 3.63. The van der Waals surface area contributed by atoms with E-state index in [-0.39, 0.29) is 5.91 Å². The highest BCUT2D eigenvalue weighted by atomic mass is 16.2. The van der Waals surface area contributed by atoms with Crippen LogP contribution in [0.5, 0.6) is 0 Å². The average Bonchev–Trinajstić information content (AvgIpc) is 3.29. The van der Waals surface area contributed by atoms with Crippen molar-refractivity contribution in [2.45, 2.75) is 39.3 Å². The van der Waals surface area contributed by atoms with E-state index in [4.69, 9.17) is 0 Å². The number of hydrogen-bond donors (Lipinski definition) is 0. The van der Waals surface area contributed by atoms with E-state index < -0.39 is 0 Å². The van der Waals surface area contributed by atoms with Crippen LogP contribution in [0.3, 0.4) is 0 Å². The van der Waals surface area contributed by atoms with Crippen LogP contribution in [0, 0.1) is 13.8 Å². The molecule has 0 atom stereocenters. The zero-order valence-corrected chi connectivity index (χ0v) is 12.4. The molecule has 0 radical (unpaired) electrons. The summed E-state index contributed by atoms with van der Waals surface area (Å²) in [7, 11) is 0. The molecule has 0 unspecified atom stereocenters. The molecule has 4 nitrogen and oxygen atoms in total. The molecule has 0 aliphatic heterocycles. The molecule has 0 saturated heterocycles. The Morgan fingerprint density at radius 1 is 1.24 bits per heavy atom. The van der Waals surface area contributed by atoms with Gasteiger partial charge in [0.15, 0.2) is 0 Å². The molecule has 1 fully saturated rings. The largest absolute Gasteiger partial charge is 0.330 e. The molecule has 3 rings (SSSR count). The Morgan fingerprint density at radius 2 is 2.05 bits per heavy atom. The number of nitrogens with zero attached hydrogens (tertiary/aromatic N) is 3. The lowest BCUT2D eigenvalue weighted by atomic mass is 10.1. The van der Waals surface area contributed by atoms with Gasteiger partial charge in [0.2, 0.25) is 0 Å². The third kappa shape index (κ3) is 3.27. The molecule has 0 spiro atoms. The van der Waals surface area contributed by atoms with Gasteiger partial charge in [0.1, 0.15) is 5.69 Å². The molecule has 2 aromatic rings. The van der Waals surface area contributed by atoms with Crippen molar-refractivity contribution in [1.29, 1.82) is 0 Å². The first-order valence-corrected chi connectivity index (χ1v) is 7.28. The molecule has 1 amide bonds. The highest BCUT2D eigenvalue weighted by Gasteiger charge is 2.33. The third-order valence-electron chi connectivity index (χ3n) is 3.68. The monoisotopic (exact) mass is 281 g/mol. The number of aryl methyl sites for hydroxylation is 2. The number of rotatable bonds is 4. The van der Waals surface area contributed by atoms with Crippen molar-refractivity contribution in [3.63, 3.8) is 0 Å². The van der Waals surface area contributed by atoms with E-state index in [1.54, 1.807) is 12.4 Å². The fraction of sp³-hybridized carbons (Fsp3) is 0.353. The summed E-state index contributed by atoms with van der Waals surface area (Å²) < 4.78 is 0. The molecular formula is C17H19N3O. The van der Waals surface area contributed by atoms with Gasteiger partial charge in [0.25, 0.3) is 5.91 Å². The first-order chi connectivity index (χ1) is 10.1. The first-order valence-electron chi connectivity index (χ1n) is 7.28. The number of hydrogen-bond acceptors (Lipinski definition) is 3. The summed E-state index contributed by atoms with van der Waals surface area (Å²) in [6.07, 6.45) is 5.38. The maximum atomic E-state index is 12.7. The van der Waals surface area contributed by atoms with Gasteiger partial charge < -0.3 is 4.90 Å². The van der Waals surface area contributed by atoms with Gasteiger partial charge >= 0.3 is 0 Å². The van der Waals surface area contributed by atoms with Crippen LogP contribution in [-0.2, 0) is 6.54 Å². The summed E-state index contributed by atoms with van der Waals surface area (Å²) in [4.78, 5) is 23.0. The lowest BCUT2D eigenvalue weighted by molar-refractivity contribution is 0.0723. The van der Waals surface area contributed by atoms with Crippen LogP contribution in [-0.4, -0.2) is 26.8 Å². The van der Waals surface area contributed by atoms with Crippen LogP contribution in [0.4, 0.5) is 0 Å². The lowest BCUT2D eigenvalue weighted by Gasteiger charge is -2.22. The summed E-state index contributed by atoms with van der Waals surface area (Å²) in [5, 5.41) is 0. The van der Waals surface area contributed by atoms with Crippen LogP contribution in [0.1, 0.15) is 40.2 Å². The van der Waals surface area contributed by atoms with E-state index in [0.717, 1.165) is 24.1 Å². The number of carbonyl (C=O) groups excluding carboxylic acids is 1. The molecule has 21 heavy (non-hydrogen) atoms. The van der Waals surface area contributed by atoms with Gasteiger partial charge in [-0.25, -0.2) is 4.98 Å². The molecule has 0 bridgehead atoms. The number of carbonyl (C=O) groups is 1. The molecule has 1 heterocycles. The molecule has 108 valence electrons. The summed E-state index contributed by atoms with van der Waals surface area (Å²) in [6, 6.07) is 8.64. The smallest absolute Gasteiger partial charge is 0.274 e. The third-order valence-corrected chi connectivity index (χ3v) is 3.68. The number of aromatic nitrogens is 2. The normalized spacial score (nSPS) is 14.0. The topological polar surface area (TPSA) is 46.1 Å². The van der Waals surface area contributed by atoms with Crippen molar-refractivity contribution >= 4 is 5.91 Å². The second-order valence-corrected chi connectivity index (χ2v) is 5.70. The lowest BCUT2D eigenvalue weighted by Crippen LogP contribution is -2.33. The van der Waals surface area contributed by atoms with Crippen molar-refractivity contribution < 1.29 is 4.79 Å². The van der Waals surface area contributed by atoms with Crippen LogP contribution < -0.4 is 0 Å². The second kappa shape index (κ2) is 5.64. The SMILES string of the molecule is Cc1cccc(CN(C(=O)c2cnc(C)cn2)C2CC2)c1. The van der Waals surface area contributed by atoms with Crippen molar-refractivity contribution in [3.05, 3.63) is 59.2 Å². The van der Waals surface area contributed by atoms with Gasteiger partial charge in [-0.2, -0.15) is 0 Å². The zero-order valence-electron chi connectivity index (χ0n) is 12.4. The predicted octanol–water partition coefficient (Wildman–Crippen LogP) is 2.90. The fourth-order valence-electron chi connectivity index (χ4n) is 2.41. The summed E-state index contributed by atoms with van der Waals surface area (Å²) in [6.45, 7) is 4.58. The standard InChI is InChI=1S/C17H19N3O/c1-12-4-3-5-14(8-12)11-20(15-6-7-15)17(21)16-10-18-13(2)9-19-16/h3-5,8-10,15H,6-7,11H2,1-2H3. The van der Waals surface area contributed by atoms with Crippen LogP contribution in [0.2, 0.25) is 0 Å². The first kappa shape index (κ1) is 13.7. The van der Waals surface area contributed by atoms with Crippen LogP contribution in [0.15, 0.2) is 36.7 Å². The van der Waals surface area contributed by atoms with Crippen molar-refractivity contribution in [2.75, 3.05) is 0 Å². The van der Waals surface area contributed by atoms with Gasteiger partial charge in [0.05, 0.1) is 11.9 Å². The fourth-order valence-corrected chi connectivity index (χ4v) is 2.41. The molecule has 1 aromatic carbocycles. The Balaban J connectivity index is 1.81. The Kier molecular flexibility index (Phi) is 3.69. The maximum Gasteiger partial charge on any atom is 0.274 e. The average molecular weight is 281 g/mol. The Morgan fingerprint density at radius 3 is 2.67 bits per heavy atom. The van der Waals surface area contributed by atoms with E-state index in [9.17, 15) is 4.79 Å². The van der Waals surface area contributed by atoms with E-state index in [1.807, 2.05) is 17.9 Å². The van der Waals surface area contributed by atoms with Gasteiger partial charge in [-0.15, -0.1) is 0 Å². The van der Waals surface area contributed by atoms with Crippen LogP contribution in [0.25, 0.3) is 0 Å². The van der Waals surface area contributed by atoms with E-state index in [1.165, 1.54) is 5.56 Å². The highest BCUT2D eigenvalue weighted by Crippen LogP contribution is 2.29. The molecule has 1 aliphatic rings. The quantitative estimate of drug-likeness (QED) is 0.865.